The Balaban J connectivity index is 1.40. The number of allylic oxidation sites excluding steroid dienone is 1. The molecule has 1 aliphatic carbocycles. The van der Waals surface area contributed by atoms with Crippen LogP contribution < -0.4 is 4.74 Å². The summed E-state index contributed by atoms with van der Waals surface area (Å²) in [6.07, 6.45) is 3.79. The number of nitrogens with zero attached hydrogens (tertiary/aromatic N) is 1. The number of para-hydroxylation sites is 1. The highest BCUT2D eigenvalue weighted by Crippen LogP contribution is 2.37. The van der Waals surface area contributed by atoms with E-state index in [4.69, 9.17) is 14.5 Å². The van der Waals surface area contributed by atoms with Gasteiger partial charge in [0.15, 0.2) is 0 Å². The van der Waals surface area contributed by atoms with Crippen LogP contribution in [0.2, 0.25) is 0 Å². The van der Waals surface area contributed by atoms with Crippen molar-refractivity contribution >= 4 is 28.5 Å². The van der Waals surface area contributed by atoms with E-state index in [2.05, 4.69) is 18.2 Å². The van der Waals surface area contributed by atoms with Crippen LogP contribution in [0.4, 0.5) is 0 Å². The molecule has 4 aromatic rings. The van der Waals surface area contributed by atoms with Crippen molar-refractivity contribution in [2.24, 2.45) is 0 Å². The topological polar surface area (TPSA) is 48.4 Å². The summed E-state index contributed by atoms with van der Waals surface area (Å²) in [6, 6.07) is 25.8. The highest BCUT2D eigenvalue weighted by molar-refractivity contribution is 6.07. The number of aryl methyl sites for hydroxylation is 1. The van der Waals surface area contributed by atoms with Crippen molar-refractivity contribution in [2.75, 3.05) is 13.2 Å². The molecule has 0 unspecified atom stereocenters. The zero-order chi connectivity index (χ0) is 22.6. The van der Waals surface area contributed by atoms with E-state index in [1.165, 1.54) is 5.56 Å². The van der Waals surface area contributed by atoms with Gasteiger partial charge in [-0.15, -0.1) is 0 Å². The Morgan fingerprint density at radius 1 is 0.909 bits per heavy atom. The number of esters is 1. The Bertz CT molecular complexity index is 1320. The maximum absolute atomic E-state index is 13.2. The van der Waals surface area contributed by atoms with E-state index >= 15 is 0 Å². The molecule has 3 aromatic carbocycles. The number of aromatic nitrogens is 1. The van der Waals surface area contributed by atoms with Gasteiger partial charge in [-0.05, 0) is 60.7 Å². The maximum Gasteiger partial charge on any atom is 0.339 e. The molecule has 0 atom stereocenters. The molecule has 164 valence electrons. The normalized spacial score (nSPS) is 13.8. The molecule has 0 radical (unpaired) electrons. The minimum atomic E-state index is -0.321. The molecule has 4 heteroatoms. The first-order valence-corrected chi connectivity index (χ1v) is 11.2. The smallest absolute Gasteiger partial charge is 0.339 e. The fraction of sp³-hybridized carbons (Fsp3) is 0.172. The molecule has 1 aliphatic rings. The summed E-state index contributed by atoms with van der Waals surface area (Å²) in [5.74, 6) is 0.445. The van der Waals surface area contributed by atoms with Crippen molar-refractivity contribution in [3.63, 3.8) is 0 Å². The zero-order valence-electron chi connectivity index (χ0n) is 18.6. The van der Waals surface area contributed by atoms with Gasteiger partial charge in [-0.3, -0.25) is 0 Å². The van der Waals surface area contributed by atoms with Gasteiger partial charge in [0.1, 0.15) is 19.0 Å². The second-order valence-electron chi connectivity index (χ2n) is 8.21. The van der Waals surface area contributed by atoms with E-state index < -0.39 is 0 Å². The van der Waals surface area contributed by atoms with Crippen molar-refractivity contribution in [2.45, 2.75) is 19.8 Å². The number of carbonyl (C=O) groups is 1. The number of pyridine rings is 1. The Kier molecular flexibility index (Phi) is 5.90. The van der Waals surface area contributed by atoms with Crippen molar-refractivity contribution in [3.05, 3.63) is 107 Å². The molecule has 1 heterocycles. The lowest BCUT2D eigenvalue weighted by Crippen LogP contribution is -2.15. The van der Waals surface area contributed by atoms with Crippen molar-refractivity contribution in [1.82, 2.24) is 4.98 Å². The van der Waals surface area contributed by atoms with Gasteiger partial charge < -0.3 is 9.47 Å². The molecule has 33 heavy (non-hydrogen) atoms. The molecule has 0 bridgehead atoms. The Hall–Kier alpha value is -3.92. The van der Waals surface area contributed by atoms with Gasteiger partial charge in [0.2, 0.25) is 0 Å². The van der Waals surface area contributed by atoms with Crippen molar-refractivity contribution < 1.29 is 14.3 Å². The summed E-state index contributed by atoms with van der Waals surface area (Å²) < 4.78 is 11.4. The van der Waals surface area contributed by atoms with Gasteiger partial charge in [-0.2, -0.15) is 0 Å². The first kappa shape index (κ1) is 21.0. The van der Waals surface area contributed by atoms with Gasteiger partial charge in [0.05, 0.1) is 16.8 Å². The minimum absolute atomic E-state index is 0.185. The van der Waals surface area contributed by atoms with Gasteiger partial charge >= 0.3 is 5.97 Å². The minimum Gasteiger partial charge on any atom is -0.490 e. The highest BCUT2D eigenvalue weighted by atomic mass is 16.6. The highest BCUT2D eigenvalue weighted by Gasteiger charge is 2.27. The first-order valence-electron chi connectivity index (χ1n) is 11.2. The number of ether oxygens (including phenoxy) is 2. The summed E-state index contributed by atoms with van der Waals surface area (Å²) >= 11 is 0. The number of fused-ring (bicyclic) bond motifs is 2. The Labute approximate surface area is 193 Å². The lowest BCUT2D eigenvalue weighted by molar-refractivity contribution is 0.0451. The summed E-state index contributed by atoms with van der Waals surface area (Å²) in [6.45, 7) is 2.52. The van der Waals surface area contributed by atoms with Crippen LogP contribution in [0, 0.1) is 6.92 Å². The molecule has 4 nitrogen and oxygen atoms in total. The zero-order valence-corrected chi connectivity index (χ0v) is 18.6. The second-order valence-corrected chi connectivity index (χ2v) is 8.21. The van der Waals surface area contributed by atoms with E-state index in [1.807, 2.05) is 73.7 Å². The van der Waals surface area contributed by atoms with Crippen LogP contribution in [0.15, 0.2) is 78.9 Å². The van der Waals surface area contributed by atoms with E-state index in [0.29, 0.717) is 12.2 Å². The van der Waals surface area contributed by atoms with Gasteiger partial charge in [-0.25, -0.2) is 9.78 Å². The van der Waals surface area contributed by atoms with E-state index in [9.17, 15) is 4.79 Å². The van der Waals surface area contributed by atoms with Crippen LogP contribution in [-0.4, -0.2) is 24.2 Å². The summed E-state index contributed by atoms with van der Waals surface area (Å²) in [7, 11) is 0. The molecule has 1 aromatic heterocycles. The number of hydrogen-bond donors (Lipinski definition) is 0. The third kappa shape index (κ3) is 4.51. The third-order valence-electron chi connectivity index (χ3n) is 5.89. The average Bonchev–Trinajstić information content (AvgIpc) is 3.23. The van der Waals surface area contributed by atoms with Crippen molar-refractivity contribution in [1.29, 1.82) is 0 Å². The fourth-order valence-corrected chi connectivity index (χ4v) is 4.26. The van der Waals surface area contributed by atoms with E-state index in [0.717, 1.165) is 51.9 Å². The summed E-state index contributed by atoms with van der Waals surface area (Å²) in [4.78, 5) is 18.1. The third-order valence-corrected chi connectivity index (χ3v) is 5.89. The molecular weight excluding hydrogens is 410 g/mol. The SMILES string of the molecule is Cc1ccc(OCCOC(=O)c2c3c(nc4ccccc24)C(=Cc2ccccc2)CC3)cc1. The number of benzene rings is 3. The molecule has 5 rings (SSSR count). The molecule has 0 saturated carbocycles. The molecular formula is C29H25NO3. The molecule has 0 spiro atoms. The molecule has 0 fully saturated rings. The van der Waals surface area contributed by atoms with Gasteiger partial charge in [0.25, 0.3) is 0 Å². The molecule has 0 N–H and O–H groups in total. The predicted octanol–water partition coefficient (Wildman–Crippen LogP) is 6.27. The van der Waals surface area contributed by atoms with Crippen LogP contribution in [0.3, 0.4) is 0 Å². The van der Waals surface area contributed by atoms with Crippen molar-refractivity contribution in [3.8, 4) is 5.75 Å². The molecule has 0 aliphatic heterocycles. The Morgan fingerprint density at radius 3 is 2.48 bits per heavy atom. The predicted molar refractivity (Wildman–Crippen MR) is 131 cm³/mol. The lowest BCUT2D eigenvalue weighted by atomic mass is 10.0. The summed E-state index contributed by atoms with van der Waals surface area (Å²) in [5.41, 5.74) is 6.77. The molecule has 0 saturated heterocycles. The lowest BCUT2D eigenvalue weighted by Gasteiger charge is -2.13. The van der Waals surface area contributed by atoms with Crippen LogP contribution in [0.25, 0.3) is 22.6 Å². The van der Waals surface area contributed by atoms with Crippen LogP contribution in [0.5, 0.6) is 5.75 Å². The summed E-state index contributed by atoms with van der Waals surface area (Å²) in [5, 5.41) is 0.835. The standard InChI is InChI=1S/C29H25NO3/c1-20-11-14-23(15-12-20)32-17-18-33-29(31)27-24-9-5-6-10-26(24)30-28-22(13-16-25(27)28)19-21-7-3-2-4-8-21/h2-12,14-15,19H,13,16-18H2,1H3. The monoisotopic (exact) mass is 435 g/mol. The second kappa shape index (κ2) is 9.29. The van der Waals surface area contributed by atoms with Gasteiger partial charge in [0, 0.05) is 5.39 Å². The van der Waals surface area contributed by atoms with E-state index in [-0.39, 0.29) is 12.6 Å². The maximum atomic E-state index is 13.2. The van der Waals surface area contributed by atoms with Crippen LogP contribution in [-0.2, 0) is 11.2 Å². The fourth-order valence-electron chi connectivity index (χ4n) is 4.26. The van der Waals surface area contributed by atoms with Crippen LogP contribution >= 0.6 is 0 Å². The first-order chi connectivity index (χ1) is 16.2. The van der Waals surface area contributed by atoms with E-state index in [1.54, 1.807) is 0 Å². The van der Waals surface area contributed by atoms with Gasteiger partial charge in [-0.1, -0.05) is 66.2 Å². The number of rotatable bonds is 6. The largest absolute Gasteiger partial charge is 0.490 e. The Morgan fingerprint density at radius 2 is 1.67 bits per heavy atom. The quantitative estimate of drug-likeness (QED) is 0.265. The molecule has 0 amide bonds. The van der Waals surface area contributed by atoms with Crippen LogP contribution in [0.1, 0.15) is 39.2 Å². The number of hydrogen-bond acceptors (Lipinski definition) is 4. The number of carbonyl (C=O) groups excluding carboxylic acids is 1. The average molecular weight is 436 g/mol.